The van der Waals surface area contributed by atoms with Gasteiger partial charge in [-0.3, -0.25) is 9.69 Å². The zero-order valence-corrected chi connectivity index (χ0v) is 15.3. The molecule has 6 nitrogen and oxygen atoms in total. The van der Waals surface area contributed by atoms with Gasteiger partial charge in [0.05, 0.1) is 13.2 Å². The van der Waals surface area contributed by atoms with Gasteiger partial charge in [-0.05, 0) is 43.8 Å². The van der Waals surface area contributed by atoms with Crippen LogP contribution in [0.2, 0.25) is 0 Å². The maximum Gasteiger partial charge on any atom is 0.241 e. The predicted octanol–water partition coefficient (Wildman–Crippen LogP) is 2.93. The highest BCUT2D eigenvalue weighted by Crippen LogP contribution is 2.32. The Kier molecular flexibility index (Phi) is 5.63. The number of nitrogens with zero attached hydrogens (tertiary/aromatic N) is 1. The third-order valence-electron chi connectivity index (χ3n) is 4.42. The number of hydrogen-bond donors (Lipinski definition) is 1. The van der Waals surface area contributed by atoms with Gasteiger partial charge < -0.3 is 19.5 Å². The van der Waals surface area contributed by atoms with Crippen LogP contribution >= 0.6 is 0 Å². The molecule has 0 radical (unpaired) electrons. The molecule has 1 N–H and O–H groups in total. The summed E-state index contributed by atoms with van der Waals surface area (Å²) in [5.41, 5.74) is 1.78. The average Bonchev–Trinajstić information content (AvgIpc) is 2.67. The van der Waals surface area contributed by atoms with Crippen molar-refractivity contribution in [2.24, 2.45) is 0 Å². The minimum Gasteiger partial charge on any atom is -0.497 e. The Morgan fingerprint density at radius 1 is 1.19 bits per heavy atom. The number of hydrogen-bond acceptors (Lipinski definition) is 5. The maximum absolute atomic E-state index is 12.6. The SMILES string of the molecule is COc1cccc(CN(C)C(C)C(=O)Nc2ccc3c(c2)OCCO3)c1. The first kappa shape index (κ1) is 18.1. The quantitative estimate of drug-likeness (QED) is 0.862. The number of ether oxygens (including phenoxy) is 3. The highest BCUT2D eigenvalue weighted by atomic mass is 16.6. The van der Waals surface area contributed by atoms with Gasteiger partial charge in [0, 0.05) is 18.3 Å². The Morgan fingerprint density at radius 2 is 1.96 bits per heavy atom. The number of anilines is 1. The molecule has 1 heterocycles. The molecule has 0 saturated heterocycles. The molecule has 0 spiro atoms. The molecule has 0 bridgehead atoms. The van der Waals surface area contributed by atoms with Crippen LogP contribution in [0.25, 0.3) is 0 Å². The van der Waals surface area contributed by atoms with Gasteiger partial charge in [-0.15, -0.1) is 0 Å². The first-order valence-electron chi connectivity index (χ1n) is 8.60. The largest absolute Gasteiger partial charge is 0.497 e. The topological polar surface area (TPSA) is 60.0 Å². The minimum atomic E-state index is -0.297. The van der Waals surface area contributed by atoms with E-state index in [9.17, 15) is 4.79 Å². The van der Waals surface area contributed by atoms with E-state index in [1.165, 1.54) is 0 Å². The molecule has 2 aromatic rings. The van der Waals surface area contributed by atoms with Crippen molar-refractivity contribution in [3.63, 3.8) is 0 Å². The normalized spacial score (nSPS) is 14.0. The lowest BCUT2D eigenvalue weighted by atomic mass is 10.1. The molecule has 1 aliphatic rings. The highest BCUT2D eigenvalue weighted by molar-refractivity contribution is 5.94. The molecular formula is C20H24N2O4. The van der Waals surface area contributed by atoms with E-state index in [1.54, 1.807) is 13.2 Å². The lowest BCUT2D eigenvalue weighted by Gasteiger charge is -2.24. The number of carbonyl (C=O) groups is 1. The van der Waals surface area contributed by atoms with Crippen LogP contribution in [0.3, 0.4) is 0 Å². The van der Waals surface area contributed by atoms with Crippen LogP contribution in [0.15, 0.2) is 42.5 Å². The molecule has 138 valence electrons. The molecule has 26 heavy (non-hydrogen) atoms. The summed E-state index contributed by atoms with van der Waals surface area (Å²) < 4.78 is 16.3. The summed E-state index contributed by atoms with van der Waals surface area (Å²) in [6, 6.07) is 13.0. The second-order valence-corrected chi connectivity index (χ2v) is 6.29. The average molecular weight is 356 g/mol. The smallest absolute Gasteiger partial charge is 0.241 e. The zero-order valence-electron chi connectivity index (χ0n) is 15.3. The fourth-order valence-corrected chi connectivity index (χ4v) is 2.76. The number of rotatable bonds is 6. The molecule has 0 saturated carbocycles. The van der Waals surface area contributed by atoms with Crippen molar-refractivity contribution in [1.82, 2.24) is 4.90 Å². The van der Waals surface area contributed by atoms with E-state index < -0.39 is 0 Å². The van der Waals surface area contributed by atoms with E-state index in [1.807, 2.05) is 55.3 Å². The van der Waals surface area contributed by atoms with Crippen LogP contribution in [0.1, 0.15) is 12.5 Å². The molecule has 1 unspecified atom stereocenters. The van der Waals surface area contributed by atoms with Gasteiger partial charge in [0.25, 0.3) is 0 Å². The predicted molar refractivity (Wildman–Crippen MR) is 100.0 cm³/mol. The molecule has 6 heteroatoms. The summed E-state index contributed by atoms with van der Waals surface area (Å²) in [6.45, 7) is 3.59. The van der Waals surface area contributed by atoms with Crippen molar-refractivity contribution in [1.29, 1.82) is 0 Å². The molecule has 1 amide bonds. The molecule has 3 rings (SSSR count). The van der Waals surface area contributed by atoms with Crippen molar-refractivity contribution < 1.29 is 19.0 Å². The van der Waals surface area contributed by atoms with E-state index >= 15 is 0 Å². The Balaban J connectivity index is 1.61. The van der Waals surface area contributed by atoms with Crippen molar-refractivity contribution in [2.75, 3.05) is 32.7 Å². The molecule has 0 aromatic heterocycles. The van der Waals surface area contributed by atoms with Crippen LogP contribution in [0.4, 0.5) is 5.69 Å². The maximum atomic E-state index is 12.6. The van der Waals surface area contributed by atoms with Gasteiger partial charge in [-0.25, -0.2) is 0 Å². The minimum absolute atomic E-state index is 0.0768. The van der Waals surface area contributed by atoms with Crippen molar-refractivity contribution in [3.05, 3.63) is 48.0 Å². The van der Waals surface area contributed by atoms with Gasteiger partial charge in [0.15, 0.2) is 11.5 Å². The van der Waals surface area contributed by atoms with E-state index in [4.69, 9.17) is 14.2 Å². The number of nitrogens with one attached hydrogen (secondary N) is 1. The number of amides is 1. The second kappa shape index (κ2) is 8.10. The standard InChI is InChI=1S/C20H24N2O4/c1-14(22(2)13-15-5-4-6-17(11-15)24-3)20(23)21-16-7-8-18-19(12-16)26-10-9-25-18/h4-8,11-12,14H,9-10,13H2,1-3H3,(H,21,23). The summed E-state index contributed by atoms with van der Waals surface area (Å²) >= 11 is 0. The Labute approximate surface area is 153 Å². The lowest BCUT2D eigenvalue weighted by molar-refractivity contribution is -0.120. The number of carbonyl (C=O) groups excluding carboxylic acids is 1. The van der Waals surface area contributed by atoms with E-state index in [0.717, 1.165) is 11.3 Å². The number of benzene rings is 2. The van der Waals surface area contributed by atoms with E-state index in [2.05, 4.69) is 5.32 Å². The molecule has 0 aliphatic carbocycles. The zero-order chi connectivity index (χ0) is 18.5. The van der Waals surface area contributed by atoms with Crippen molar-refractivity contribution in [2.45, 2.75) is 19.5 Å². The first-order chi connectivity index (χ1) is 12.6. The van der Waals surface area contributed by atoms with Crippen LogP contribution in [0.5, 0.6) is 17.2 Å². The summed E-state index contributed by atoms with van der Waals surface area (Å²) in [5, 5.41) is 2.94. The summed E-state index contributed by atoms with van der Waals surface area (Å²) in [4.78, 5) is 14.6. The third-order valence-corrected chi connectivity index (χ3v) is 4.42. The van der Waals surface area contributed by atoms with Gasteiger partial charge >= 0.3 is 0 Å². The monoisotopic (exact) mass is 356 g/mol. The summed E-state index contributed by atoms with van der Waals surface area (Å²) in [7, 11) is 3.57. The summed E-state index contributed by atoms with van der Waals surface area (Å²) in [6.07, 6.45) is 0. The second-order valence-electron chi connectivity index (χ2n) is 6.29. The lowest BCUT2D eigenvalue weighted by Crippen LogP contribution is -2.39. The first-order valence-corrected chi connectivity index (χ1v) is 8.60. The van der Waals surface area contributed by atoms with Gasteiger partial charge in [0.1, 0.15) is 19.0 Å². The van der Waals surface area contributed by atoms with Crippen LogP contribution in [0, 0.1) is 0 Å². The number of methoxy groups -OCH3 is 1. The van der Waals surface area contributed by atoms with Crippen molar-refractivity contribution >= 4 is 11.6 Å². The van der Waals surface area contributed by atoms with Gasteiger partial charge in [0.2, 0.25) is 5.91 Å². The summed E-state index contributed by atoms with van der Waals surface area (Å²) in [5.74, 6) is 2.10. The van der Waals surface area contributed by atoms with E-state index in [0.29, 0.717) is 36.9 Å². The fraction of sp³-hybridized carbons (Fsp3) is 0.350. The Bertz CT molecular complexity index is 778. The molecular weight excluding hydrogens is 332 g/mol. The van der Waals surface area contributed by atoms with Crippen LogP contribution < -0.4 is 19.5 Å². The number of fused-ring (bicyclic) bond motifs is 1. The Hall–Kier alpha value is -2.73. The number of likely N-dealkylation sites (N-methyl/N-ethyl adjacent to an activating group) is 1. The van der Waals surface area contributed by atoms with Gasteiger partial charge in [-0.2, -0.15) is 0 Å². The fourth-order valence-electron chi connectivity index (χ4n) is 2.76. The van der Waals surface area contributed by atoms with Crippen molar-refractivity contribution in [3.8, 4) is 17.2 Å². The van der Waals surface area contributed by atoms with Crippen LogP contribution in [-0.2, 0) is 11.3 Å². The van der Waals surface area contributed by atoms with Crippen LogP contribution in [-0.4, -0.2) is 44.2 Å². The highest BCUT2D eigenvalue weighted by Gasteiger charge is 2.19. The van der Waals surface area contributed by atoms with E-state index in [-0.39, 0.29) is 11.9 Å². The third kappa shape index (κ3) is 4.26. The molecule has 1 aliphatic heterocycles. The molecule has 0 fully saturated rings. The van der Waals surface area contributed by atoms with Gasteiger partial charge in [-0.1, -0.05) is 12.1 Å². The Morgan fingerprint density at radius 3 is 2.73 bits per heavy atom. The molecule has 2 aromatic carbocycles. The molecule has 1 atom stereocenters.